The molecule has 7 nitrogen and oxygen atoms in total. The zero-order chi connectivity index (χ0) is 23.4. The van der Waals surface area contributed by atoms with Gasteiger partial charge in [0.15, 0.2) is 5.82 Å². The van der Waals surface area contributed by atoms with Crippen molar-refractivity contribution in [3.63, 3.8) is 0 Å². The van der Waals surface area contributed by atoms with Gasteiger partial charge in [-0.3, -0.25) is 0 Å². The molecule has 0 spiro atoms. The molecule has 0 bridgehead atoms. The number of fused-ring (bicyclic) bond motifs is 1. The molecule has 0 amide bonds. The van der Waals surface area contributed by atoms with E-state index in [4.69, 9.17) is 11.6 Å². The molecule has 3 aromatic heterocycles. The third-order valence-electron chi connectivity index (χ3n) is 5.08. The highest BCUT2D eigenvalue weighted by Gasteiger charge is 2.16. The summed E-state index contributed by atoms with van der Waals surface area (Å²) in [6, 6.07) is 9.12. The normalized spacial score (nSPS) is 11.4. The first-order valence-electron chi connectivity index (χ1n) is 10.3. The van der Waals surface area contributed by atoms with Gasteiger partial charge >= 0.3 is 0 Å². The number of pyridine rings is 1. The quantitative estimate of drug-likeness (QED) is 0.202. The van der Waals surface area contributed by atoms with E-state index in [2.05, 4.69) is 20.3 Å². The van der Waals surface area contributed by atoms with Gasteiger partial charge in [-0.25, -0.2) is 25.2 Å². The van der Waals surface area contributed by atoms with Crippen LogP contribution in [-0.4, -0.2) is 33.1 Å². The number of aryl methyl sites for hydroxylation is 1. The van der Waals surface area contributed by atoms with Gasteiger partial charge in [0.2, 0.25) is 11.9 Å². The Labute approximate surface area is 193 Å². The molecule has 1 aromatic carbocycles. The van der Waals surface area contributed by atoms with Crippen LogP contribution in [-0.2, 0) is 6.42 Å². The van der Waals surface area contributed by atoms with Crippen molar-refractivity contribution in [3.05, 3.63) is 72.5 Å². The fourth-order valence-electron chi connectivity index (χ4n) is 3.49. The number of nitrogens with one attached hydrogen (secondary N) is 1. The number of hydrogen-bond donors (Lipinski definition) is 3. The van der Waals surface area contributed by atoms with E-state index < -0.39 is 11.8 Å². The van der Waals surface area contributed by atoms with E-state index in [1.54, 1.807) is 6.20 Å². The van der Waals surface area contributed by atoms with Crippen LogP contribution >= 0.6 is 11.3 Å². The van der Waals surface area contributed by atoms with Crippen LogP contribution in [0, 0.1) is 11.8 Å². The maximum absolute atomic E-state index is 14.7. The molecule has 170 valence electrons. The standard InChI is InChI=1S/C23H23F2N7S/c1-2-14-12-29-20(25)11-17(14)16-5-3-4-15-10-19(33-22(15)16)21-18(24)13-30-23(31-21)28-7-9-32(27)8-6-26/h3-6,8,10-13H,2,7,9,26-27H2,1H3,(H,28,30,31)/b8-6-. The molecule has 0 saturated carbocycles. The summed E-state index contributed by atoms with van der Waals surface area (Å²) in [6.07, 6.45) is 6.29. The van der Waals surface area contributed by atoms with Gasteiger partial charge in [0.1, 0.15) is 5.69 Å². The molecule has 0 radical (unpaired) electrons. The molecule has 4 aromatic rings. The van der Waals surface area contributed by atoms with Crippen molar-refractivity contribution in [2.24, 2.45) is 11.6 Å². The van der Waals surface area contributed by atoms with E-state index >= 15 is 0 Å². The lowest BCUT2D eigenvalue weighted by molar-refractivity contribution is 0.408. The van der Waals surface area contributed by atoms with Gasteiger partial charge in [-0.2, -0.15) is 4.39 Å². The number of hydrazine groups is 1. The zero-order valence-electron chi connectivity index (χ0n) is 17.9. The number of thiophene rings is 1. The highest BCUT2D eigenvalue weighted by molar-refractivity contribution is 7.22. The van der Waals surface area contributed by atoms with Crippen molar-refractivity contribution in [2.75, 3.05) is 18.4 Å². The van der Waals surface area contributed by atoms with Crippen LogP contribution in [0.1, 0.15) is 12.5 Å². The first kappa shape index (κ1) is 22.6. The van der Waals surface area contributed by atoms with Crippen LogP contribution in [0.3, 0.4) is 0 Å². The van der Waals surface area contributed by atoms with Gasteiger partial charge < -0.3 is 16.1 Å². The predicted octanol–water partition coefficient (Wildman–Crippen LogP) is 4.28. The summed E-state index contributed by atoms with van der Waals surface area (Å²) in [5.74, 6) is 4.96. The highest BCUT2D eigenvalue weighted by Crippen LogP contribution is 2.40. The molecule has 0 atom stereocenters. The Morgan fingerprint density at radius 3 is 2.79 bits per heavy atom. The average molecular weight is 468 g/mol. The zero-order valence-corrected chi connectivity index (χ0v) is 18.7. The highest BCUT2D eigenvalue weighted by atomic mass is 32.1. The lowest BCUT2D eigenvalue weighted by atomic mass is 9.99. The van der Waals surface area contributed by atoms with Gasteiger partial charge in [0.25, 0.3) is 0 Å². The molecule has 3 heterocycles. The van der Waals surface area contributed by atoms with Crippen molar-refractivity contribution in [2.45, 2.75) is 13.3 Å². The summed E-state index contributed by atoms with van der Waals surface area (Å²) < 4.78 is 29.5. The number of hydrogen-bond acceptors (Lipinski definition) is 8. The second-order valence-electron chi connectivity index (χ2n) is 7.25. The predicted molar refractivity (Wildman–Crippen MR) is 128 cm³/mol. The lowest BCUT2D eigenvalue weighted by Gasteiger charge is -2.13. The van der Waals surface area contributed by atoms with Gasteiger partial charge in [0, 0.05) is 35.9 Å². The molecule has 0 aliphatic rings. The van der Waals surface area contributed by atoms with Crippen LogP contribution in [0.2, 0.25) is 0 Å². The fourth-order valence-corrected chi connectivity index (χ4v) is 4.67. The van der Waals surface area contributed by atoms with E-state index in [9.17, 15) is 8.78 Å². The topological polar surface area (TPSA) is 106 Å². The van der Waals surface area contributed by atoms with Crippen LogP contribution < -0.4 is 16.9 Å². The van der Waals surface area contributed by atoms with E-state index in [-0.39, 0.29) is 5.69 Å². The first-order chi connectivity index (χ1) is 16.0. The number of aromatic nitrogens is 3. The molecular weight excluding hydrogens is 444 g/mol. The minimum atomic E-state index is -0.536. The minimum absolute atomic E-state index is 0.197. The van der Waals surface area contributed by atoms with Gasteiger partial charge in [-0.05, 0) is 34.6 Å². The van der Waals surface area contributed by atoms with Gasteiger partial charge in [-0.15, -0.1) is 11.3 Å². The van der Waals surface area contributed by atoms with Gasteiger partial charge in [-0.1, -0.05) is 25.1 Å². The largest absolute Gasteiger partial charge is 0.403 e. The Bertz CT molecular complexity index is 1310. The van der Waals surface area contributed by atoms with Crippen molar-refractivity contribution < 1.29 is 8.78 Å². The number of nitrogens with two attached hydrogens (primary N) is 2. The van der Waals surface area contributed by atoms with Crippen LogP contribution in [0.5, 0.6) is 0 Å². The monoisotopic (exact) mass is 467 g/mol. The Hall–Kier alpha value is -3.63. The molecule has 5 N–H and O–H groups in total. The Balaban J connectivity index is 1.69. The third-order valence-corrected chi connectivity index (χ3v) is 6.27. The summed E-state index contributed by atoms with van der Waals surface area (Å²) in [5, 5.41) is 5.37. The van der Waals surface area contributed by atoms with Crippen LogP contribution in [0.25, 0.3) is 31.8 Å². The third kappa shape index (κ3) is 4.91. The second kappa shape index (κ2) is 9.88. The second-order valence-corrected chi connectivity index (χ2v) is 8.30. The van der Waals surface area contributed by atoms with Crippen molar-refractivity contribution >= 4 is 27.4 Å². The number of nitrogens with zero attached hydrogens (tertiary/aromatic N) is 4. The van der Waals surface area contributed by atoms with Crippen LogP contribution in [0.4, 0.5) is 14.7 Å². The van der Waals surface area contributed by atoms with Gasteiger partial charge in [0.05, 0.1) is 17.6 Å². The van der Waals surface area contributed by atoms with E-state index in [0.29, 0.717) is 30.3 Å². The summed E-state index contributed by atoms with van der Waals surface area (Å²) in [4.78, 5) is 12.8. The van der Waals surface area contributed by atoms with E-state index in [1.165, 1.54) is 34.8 Å². The smallest absolute Gasteiger partial charge is 0.223 e. The van der Waals surface area contributed by atoms with E-state index in [1.807, 2.05) is 31.2 Å². The molecule has 0 unspecified atom stereocenters. The average Bonchev–Trinajstić information content (AvgIpc) is 3.24. The summed E-state index contributed by atoms with van der Waals surface area (Å²) in [5.41, 5.74) is 8.11. The lowest BCUT2D eigenvalue weighted by Crippen LogP contribution is -2.30. The van der Waals surface area contributed by atoms with Crippen LogP contribution in [0.15, 0.2) is 55.1 Å². The minimum Gasteiger partial charge on any atom is -0.403 e. The maximum Gasteiger partial charge on any atom is 0.223 e. The molecule has 0 aliphatic heterocycles. The fraction of sp³-hybridized carbons (Fsp3) is 0.174. The summed E-state index contributed by atoms with van der Waals surface area (Å²) in [6.45, 7) is 2.90. The maximum atomic E-state index is 14.7. The van der Waals surface area contributed by atoms with Crippen molar-refractivity contribution in [3.8, 4) is 21.7 Å². The SMILES string of the molecule is CCc1cnc(F)cc1-c1cccc2cc(-c3nc(NCCN(N)/C=C\N)ncc3F)sc12. The first-order valence-corrected chi connectivity index (χ1v) is 11.2. The Morgan fingerprint density at radius 1 is 1.15 bits per heavy atom. The number of halogens is 2. The molecule has 0 aliphatic carbocycles. The number of rotatable bonds is 8. The summed E-state index contributed by atoms with van der Waals surface area (Å²) >= 11 is 1.40. The molecule has 0 fully saturated rings. The molecular formula is C23H23F2N7S. The number of benzene rings is 1. The molecule has 0 saturated heterocycles. The molecule has 4 rings (SSSR count). The van der Waals surface area contributed by atoms with E-state index in [0.717, 1.165) is 33.0 Å². The molecule has 10 heteroatoms. The van der Waals surface area contributed by atoms with Crippen molar-refractivity contribution in [1.29, 1.82) is 0 Å². The number of anilines is 1. The Kier molecular flexibility index (Phi) is 6.76. The summed E-state index contributed by atoms with van der Waals surface area (Å²) in [7, 11) is 0. The Morgan fingerprint density at radius 2 is 2.00 bits per heavy atom. The molecule has 33 heavy (non-hydrogen) atoms. The van der Waals surface area contributed by atoms with Crippen molar-refractivity contribution in [1.82, 2.24) is 20.0 Å².